The highest BCUT2D eigenvalue weighted by molar-refractivity contribution is 6.00. The maximum atomic E-state index is 12.4. The van der Waals surface area contributed by atoms with Gasteiger partial charge in [-0.1, -0.05) is 30.3 Å². The topological polar surface area (TPSA) is 50.4 Å². The van der Waals surface area contributed by atoms with Crippen molar-refractivity contribution in [1.29, 1.82) is 0 Å². The van der Waals surface area contributed by atoms with Gasteiger partial charge in [-0.15, -0.1) is 0 Å². The summed E-state index contributed by atoms with van der Waals surface area (Å²) in [7, 11) is 0. The lowest BCUT2D eigenvalue weighted by Gasteiger charge is -2.14. The van der Waals surface area contributed by atoms with Gasteiger partial charge in [-0.05, 0) is 37.1 Å². The molecule has 0 radical (unpaired) electrons. The third-order valence-corrected chi connectivity index (χ3v) is 3.74. The van der Waals surface area contributed by atoms with E-state index >= 15 is 0 Å². The molecule has 1 aliphatic rings. The van der Waals surface area contributed by atoms with Crippen molar-refractivity contribution in [2.75, 3.05) is 18.5 Å². The van der Waals surface area contributed by atoms with E-state index in [0.29, 0.717) is 12.1 Å². The number of hydrogen-bond donors (Lipinski definition) is 2. The van der Waals surface area contributed by atoms with Crippen molar-refractivity contribution in [3.8, 4) is 0 Å². The maximum Gasteiger partial charge on any atom is 0.253 e. The van der Waals surface area contributed by atoms with Gasteiger partial charge >= 0.3 is 0 Å². The van der Waals surface area contributed by atoms with Crippen molar-refractivity contribution >= 4 is 17.3 Å². The van der Waals surface area contributed by atoms with Gasteiger partial charge in [-0.25, -0.2) is 0 Å². The van der Waals surface area contributed by atoms with Crippen molar-refractivity contribution in [2.45, 2.75) is 18.9 Å². The van der Waals surface area contributed by atoms with E-state index in [0.717, 1.165) is 30.8 Å². The van der Waals surface area contributed by atoms with Crippen molar-refractivity contribution < 1.29 is 9.53 Å². The van der Waals surface area contributed by atoms with Crippen LogP contribution in [0.4, 0.5) is 11.4 Å². The SMILES string of the molecule is O=C(NC[C@@H]1CCCO1)c1ccccc1Nc1ccccc1. The summed E-state index contributed by atoms with van der Waals surface area (Å²) in [5.74, 6) is -0.0745. The molecule has 0 bridgehead atoms. The molecule has 0 saturated carbocycles. The second kappa shape index (κ2) is 7.09. The summed E-state index contributed by atoms with van der Waals surface area (Å²) in [6, 6.07) is 17.4. The number of benzene rings is 2. The van der Waals surface area contributed by atoms with Crippen molar-refractivity contribution in [2.24, 2.45) is 0 Å². The van der Waals surface area contributed by atoms with Crippen molar-refractivity contribution in [3.05, 3.63) is 60.2 Å². The van der Waals surface area contributed by atoms with Gasteiger partial charge in [-0.2, -0.15) is 0 Å². The predicted octanol–water partition coefficient (Wildman–Crippen LogP) is 3.34. The first-order valence-electron chi connectivity index (χ1n) is 7.64. The molecular weight excluding hydrogens is 276 g/mol. The number of carbonyl (C=O) groups excluding carboxylic acids is 1. The number of para-hydroxylation sites is 2. The lowest BCUT2D eigenvalue weighted by Crippen LogP contribution is -2.32. The fourth-order valence-corrected chi connectivity index (χ4v) is 2.57. The first-order valence-corrected chi connectivity index (χ1v) is 7.64. The van der Waals surface area contributed by atoms with Gasteiger partial charge in [-0.3, -0.25) is 4.79 Å². The Hall–Kier alpha value is -2.33. The molecule has 3 rings (SSSR count). The second-order valence-electron chi connectivity index (χ2n) is 5.38. The summed E-state index contributed by atoms with van der Waals surface area (Å²) in [5, 5.41) is 6.25. The molecule has 22 heavy (non-hydrogen) atoms. The lowest BCUT2D eigenvalue weighted by molar-refractivity contribution is 0.0858. The molecule has 0 aromatic heterocycles. The Morgan fingerprint density at radius 2 is 1.86 bits per heavy atom. The predicted molar refractivity (Wildman–Crippen MR) is 87.5 cm³/mol. The largest absolute Gasteiger partial charge is 0.376 e. The van der Waals surface area contributed by atoms with Crippen molar-refractivity contribution in [3.63, 3.8) is 0 Å². The molecule has 1 saturated heterocycles. The van der Waals surface area contributed by atoms with Gasteiger partial charge in [0.1, 0.15) is 0 Å². The smallest absolute Gasteiger partial charge is 0.253 e. The van der Waals surface area contributed by atoms with Gasteiger partial charge in [0, 0.05) is 18.8 Å². The maximum absolute atomic E-state index is 12.4. The molecule has 2 N–H and O–H groups in total. The van der Waals surface area contributed by atoms with Gasteiger partial charge in [0.2, 0.25) is 0 Å². The molecule has 2 aromatic rings. The first-order chi connectivity index (χ1) is 10.8. The number of rotatable bonds is 5. The first kappa shape index (κ1) is 14.6. The minimum atomic E-state index is -0.0745. The minimum Gasteiger partial charge on any atom is -0.376 e. The summed E-state index contributed by atoms with van der Waals surface area (Å²) in [6.45, 7) is 1.37. The van der Waals surface area contributed by atoms with E-state index in [1.807, 2.05) is 54.6 Å². The molecule has 114 valence electrons. The van der Waals surface area contributed by atoms with Crippen LogP contribution in [0.25, 0.3) is 0 Å². The van der Waals surface area contributed by atoms with Crippen LogP contribution in [0.5, 0.6) is 0 Å². The van der Waals surface area contributed by atoms with E-state index in [2.05, 4.69) is 10.6 Å². The highest BCUT2D eigenvalue weighted by Gasteiger charge is 2.17. The van der Waals surface area contributed by atoms with E-state index in [4.69, 9.17) is 4.74 Å². The standard InChI is InChI=1S/C18H20N2O2/c21-18(19-13-15-9-6-12-22-15)16-10-4-5-11-17(16)20-14-7-2-1-3-8-14/h1-5,7-8,10-11,15,20H,6,9,12-13H2,(H,19,21)/t15-/m0/s1. The monoisotopic (exact) mass is 296 g/mol. The van der Waals surface area contributed by atoms with Gasteiger partial charge in [0.25, 0.3) is 5.91 Å². The number of hydrogen-bond acceptors (Lipinski definition) is 3. The summed E-state index contributed by atoms with van der Waals surface area (Å²) in [5.41, 5.74) is 2.41. The van der Waals surface area contributed by atoms with Crippen LogP contribution < -0.4 is 10.6 Å². The van der Waals surface area contributed by atoms with E-state index in [1.165, 1.54) is 0 Å². The lowest BCUT2D eigenvalue weighted by atomic mass is 10.1. The van der Waals surface area contributed by atoms with Crippen LogP contribution in [0, 0.1) is 0 Å². The van der Waals surface area contributed by atoms with Crippen LogP contribution in [0.3, 0.4) is 0 Å². The van der Waals surface area contributed by atoms with E-state index < -0.39 is 0 Å². The van der Waals surface area contributed by atoms with E-state index in [1.54, 1.807) is 0 Å². The fourth-order valence-electron chi connectivity index (χ4n) is 2.57. The minimum absolute atomic E-state index is 0.0745. The molecular formula is C18H20N2O2. The van der Waals surface area contributed by atoms with Crippen LogP contribution in [0.1, 0.15) is 23.2 Å². The fraction of sp³-hybridized carbons (Fsp3) is 0.278. The van der Waals surface area contributed by atoms with E-state index in [9.17, 15) is 4.79 Å². The van der Waals surface area contributed by atoms with Crippen LogP contribution >= 0.6 is 0 Å². The summed E-state index contributed by atoms with van der Waals surface area (Å²) in [4.78, 5) is 12.4. The molecule has 1 fully saturated rings. The third-order valence-electron chi connectivity index (χ3n) is 3.74. The molecule has 1 aliphatic heterocycles. The third kappa shape index (κ3) is 3.65. The highest BCUT2D eigenvalue weighted by atomic mass is 16.5. The number of carbonyl (C=O) groups is 1. The van der Waals surface area contributed by atoms with Crippen LogP contribution in [0.15, 0.2) is 54.6 Å². The molecule has 0 unspecified atom stereocenters. The highest BCUT2D eigenvalue weighted by Crippen LogP contribution is 2.20. The second-order valence-corrected chi connectivity index (χ2v) is 5.38. The van der Waals surface area contributed by atoms with Crippen LogP contribution in [-0.2, 0) is 4.74 Å². The molecule has 1 atom stereocenters. The van der Waals surface area contributed by atoms with Gasteiger partial charge in [0.05, 0.1) is 17.4 Å². The Labute approximate surface area is 130 Å². The Kier molecular flexibility index (Phi) is 4.71. The Morgan fingerprint density at radius 1 is 1.09 bits per heavy atom. The van der Waals surface area contributed by atoms with Crippen LogP contribution in [0.2, 0.25) is 0 Å². The summed E-state index contributed by atoms with van der Waals surface area (Å²) >= 11 is 0. The average Bonchev–Trinajstić information content (AvgIpc) is 3.08. The van der Waals surface area contributed by atoms with Crippen LogP contribution in [-0.4, -0.2) is 25.2 Å². The molecule has 0 spiro atoms. The zero-order valence-corrected chi connectivity index (χ0v) is 12.4. The Balaban J connectivity index is 1.68. The Bertz CT molecular complexity index is 622. The Morgan fingerprint density at radius 3 is 2.64 bits per heavy atom. The van der Waals surface area contributed by atoms with E-state index in [-0.39, 0.29) is 12.0 Å². The zero-order chi connectivity index (χ0) is 15.2. The average molecular weight is 296 g/mol. The van der Waals surface area contributed by atoms with Gasteiger partial charge < -0.3 is 15.4 Å². The zero-order valence-electron chi connectivity index (χ0n) is 12.4. The summed E-state index contributed by atoms with van der Waals surface area (Å²) in [6.07, 6.45) is 2.25. The molecule has 4 nitrogen and oxygen atoms in total. The number of nitrogens with one attached hydrogen (secondary N) is 2. The quantitative estimate of drug-likeness (QED) is 0.889. The normalized spacial score (nSPS) is 17.2. The molecule has 1 heterocycles. The molecule has 2 aromatic carbocycles. The summed E-state index contributed by atoms with van der Waals surface area (Å²) < 4.78 is 5.53. The number of anilines is 2. The number of amides is 1. The molecule has 4 heteroatoms. The molecule has 1 amide bonds. The molecule has 0 aliphatic carbocycles. The van der Waals surface area contributed by atoms with Gasteiger partial charge in [0.15, 0.2) is 0 Å². The number of ether oxygens (including phenoxy) is 1. The van der Waals surface area contributed by atoms with Crippen molar-refractivity contribution in [1.82, 2.24) is 5.32 Å².